The topological polar surface area (TPSA) is 66.9 Å². The van der Waals surface area contributed by atoms with Gasteiger partial charge in [0, 0.05) is 0 Å². The number of nitrogens with zero attached hydrogens (tertiary/aromatic N) is 1. The average Bonchev–Trinajstić information content (AvgIpc) is 1.95. The van der Waals surface area contributed by atoms with Crippen LogP contribution in [0, 0.1) is 29.1 Å². The highest BCUT2D eigenvalue weighted by Gasteiger charge is 2.48. The number of amides is 1. The number of hydrogen-bond acceptors (Lipinski definition) is 2. The second-order valence-electron chi connectivity index (χ2n) is 3.32. The summed E-state index contributed by atoms with van der Waals surface area (Å²) in [6, 6.07) is 1.29. The van der Waals surface area contributed by atoms with Crippen LogP contribution in [0.2, 0.25) is 0 Å². The van der Waals surface area contributed by atoms with E-state index in [0.29, 0.717) is 0 Å². The Labute approximate surface area is 79.7 Å². The SMILES string of the molecule is CC(C)C(C(C#N)C(N)=O)C(F)(F)F. The number of nitrogens with two attached hydrogens (primary N) is 1. The van der Waals surface area contributed by atoms with Gasteiger partial charge >= 0.3 is 6.18 Å². The van der Waals surface area contributed by atoms with Crippen molar-refractivity contribution in [3.63, 3.8) is 0 Å². The Morgan fingerprint density at radius 3 is 1.93 bits per heavy atom. The van der Waals surface area contributed by atoms with Gasteiger partial charge in [-0.1, -0.05) is 13.8 Å². The maximum absolute atomic E-state index is 12.4. The lowest BCUT2D eigenvalue weighted by Gasteiger charge is -2.25. The van der Waals surface area contributed by atoms with Crippen LogP contribution in [-0.2, 0) is 4.79 Å². The summed E-state index contributed by atoms with van der Waals surface area (Å²) in [6.07, 6.45) is -4.58. The van der Waals surface area contributed by atoms with Crippen LogP contribution in [0.3, 0.4) is 0 Å². The van der Waals surface area contributed by atoms with Crippen LogP contribution < -0.4 is 5.73 Å². The smallest absolute Gasteiger partial charge is 0.369 e. The van der Waals surface area contributed by atoms with E-state index < -0.39 is 29.8 Å². The van der Waals surface area contributed by atoms with E-state index in [0.717, 1.165) is 0 Å². The molecule has 3 nitrogen and oxygen atoms in total. The molecule has 0 saturated carbocycles. The van der Waals surface area contributed by atoms with Crippen molar-refractivity contribution in [2.45, 2.75) is 20.0 Å². The minimum atomic E-state index is -4.58. The Morgan fingerprint density at radius 2 is 1.86 bits per heavy atom. The third kappa shape index (κ3) is 2.91. The van der Waals surface area contributed by atoms with E-state index in [4.69, 9.17) is 11.0 Å². The van der Waals surface area contributed by atoms with Gasteiger partial charge in [-0.15, -0.1) is 0 Å². The molecule has 2 atom stereocenters. The second kappa shape index (κ2) is 4.31. The number of carbonyl (C=O) groups excluding carboxylic acids is 1. The molecule has 0 aliphatic heterocycles. The fraction of sp³-hybridized carbons (Fsp3) is 0.750. The Balaban J connectivity index is 5.02. The van der Waals surface area contributed by atoms with Crippen LogP contribution in [0.5, 0.6) is 0 Å². The summed E-state index contributed by atoms with van der Waals surface area (Å²) >= 11 is 0. The molecule has 0 fully saturated rings. The normalized spacial score (nSPS) is 16.1. The van der Waals surface area contributed by atoms with E-state index in [1.165, 1.54) is 19.9 Å². The van der Waals surface area contributed by atoms with Gasteiger partial charge in [-0.2, -0.15) is 18.4 Å². The molecule has 6 heteroatoms. The molecule has 0 spiro atoms. The van der Waals surface area contributed by atoms with E-state index in [9.17, 15) is 18.0 Å². The quantitative estimate of drug-likeness (QED) is 0.762. The Kier molecular flexibility index (Phi) is 3.93. The lowest BCUT2D eigenvalue weighted by molar-refractivity contribution is -0.196. The fourth-order valence-corrected chi connectivity index (χ4v) is 1.27. The number of primary amides is 1. The highest BCUT2D eigenvalue weighted by Crippen LogP contribution is 2.37. The maximum atomic E-state index is 12.4. The van der Waals surface area contributed by atoms with Gasteiger partial charge in [-0.3, -0.25) is 4.79 Å². The molecular weight excluding hydrogens is 197 g/mol. The first-order valence-corrected chi connectivity index (χ1v) is 3.97. The van der Waals surface area contributed by atoms with Crippen molar-refractivity contribution in [2.75, 3.05) is 0 Å². The molecule has 1 amide bonds. The van der Waals surface area contributed by atoms with Crippen molar-refractivity contribution in [1.82, 2.24) is 0 Å². The molecule has 0 heterocycles. The third-order valence-electron chi connectivity index (χ3n) is 1.90. The summed E-state index contributed by atoms with van der Waals surface area (Å²) in [4.78, 5) is 10.6. The number of nitriles is 1. The van der Waals surface area contributed by atoms with Gasteiger partial charge in [0.25, 0.3) is 0 Å². The van der Waals surface area contributed by atoms with Crippen LogP contribution in [0.4, 0.5) is 13.2 Å². The predicted octanol–water partition coefficient (Wildman–Crippen LogP) is 1.45. The fourth-order valence-electron chi connectivity index (χ4n) is 1.27. The molecule has 80 valence electrons. The van der Waals surface area contributed by atoms with Gasteiger partial charge < -0.3 is 5.73 Å². The van der Waals surface area contributed by atoms with Gasteiger partial charge in [-0.25, -0.2) is 0 Å². The first-order chi connectivity index (χ1) is 6.21. The average molecular weight is 208 g/mol. The number of carbonyl (C=O) groups is 1. The monoisotopic (exact) mass is 208 g/mol. The van der Waals surface area contributed by atoms with E-state index in [2.05, 4.69) is 0 Å². The van der Waals surface area contributed by atoms with Gasteiger partial charge in [0.1, 0.15) is 5.92 Å². The van der Waals surface area contributed by atoms with Crippen molar-refractivity contribution in [2.24, 2.45) is 23.5 Å². The lowest BCUT2D eigenvalue weighted by Crippen LogP contribution is -2.40. The molecule has 0 aliphatic rings. The van der Waals surface area contributed by atoms with E-state index in [-0.39, 0.29) is 0 Å². The molecular formula is C8H11F3N2O. The van der Waals surface area contributed by atoms with E-state index >= 15 is 0 Å². The van der Waals surface area contributed by atoms with Crippen molar-refractivity contribution in [1.29, 1.82) is 5.26 Å². The number of hydrogen-bond donors (Lipinski definition) is 1. The van der Waals surface area contributed by atoms with Gasteiger partial charge in [0.15, 0.2) is 0 Å². The summed E-state index contributed by atoms with van der Waals surface area (Å²) in [5, 5.41) is 8.43. The zero-order valence-electron chi connectivity index (χ0n) is 7.80. The van der Waals surface area contributed by atoms with Crippen molar-refractivity contribution in [3.8, 4) is 6.07 Å². The second-order valence-corrected chi connectivity index (χ2v) is 3.32. The lowest BCUT2D eigenvalue weighted by atomic mass is 9.83. The van der Waals surface area contributed by atoms with Crippen LogP contribution in [0.15, 0.2) is 0 Å². The summed E-state index contributed by atoms with van der Waals surface area (Å²) in [5.41, 5.74) is 4.72. The summed E-state index contributed by atoms with van der Waals surface area (Å²) < 4.78 is 37.2. The molecule has 0 saturated heterocycles. The maximum Gasteiger partial charge on any atom is 0.393 e. The standard InChI is InChI=1S/C8H11F3N2O/c1-4(2)6(8(9,10)11)5(3-12)7(13)14/h4-6H,1-2H3,(H2,13,14). The molecule has 14 heavy (non-hydrogen) atoms. The zero-order valence-corrected chi connectivity index (χ0v) is 7.80. The van der Waals surface area contributed by atoms with Crippen molar-refractivity contribution >= 4 is 5.91 Å². The first kappa shape index (κ1) is 12.8. The van der Waals surface area contributed by atoms with Crippen LogP contribution in [0.25, 0.3) is 0 Å². The summed E-state index contributed by atoms with van der Waals surface area (Å²) in [6.45, 7) is 2.59. The molecule has 0 radical (unpaired) electrons. The number of alkyl halides is 3. The van der Waals surface area contributed by atoms with Crippen LogP contribution in [-0.4, -0.2) is 12.1 Å². The minimum absolute atomic E-state index is 0.854. The van der Waals surface area contributed by atoms with Gasteiger partial charge in [0.05, 0.1) is 12.0 Å². The van der Waals surface area contributed by atoms with E-state index in [1.807, 2.05) is 0 Å². The first-order valence-electron chi connectivity index (χ1n) is 3.97. The van der Waals surface area contributed by atoms with Crippen molar-refractivity contribution in [3.05, 3.63) is 0 Å². The molecule has 0 aromatic heterocycles. The number of halogens is 3. The largest absolute Gasteiger partial charge is 0.393 e. The third-order valence-corrected chi connectivity index (χ3v) is 1.90. The number of rotatable bonds is 3. The summed E-state index contributed by atoms with van der Waals surface area (Å²) in [7, 11) is 0. The molecule has 0 bridgehead atoms. The van der Waals surface area contributed by atoms with E-state index in [1.54, 1.807) is 0 Å². The summed E-state index contributed by atoms with van der Waals surface area (Å²) in [5.74, 6) is -5.89. The zero-order chi connectivity index (χ0) is 11.5. The predicted molar refractivity (Wildman–Crippen MR) is 42.7 cm³/mol. The molecule has 0 rings (SSSR count). The van der Waals surface area contributed by atoms with Crippen LogP contribution >= 0.6 is 0 Å². The van der Waals surface area contributed by atoms with Crippen molar-refractivity contribution < 1.29 is 18.0 Å². The molecule has 0 aromatic carbocycles. The molecule has 2 N–H and O–H groups in total. The minimum Gasteiger partial charge on any atom is -0.369 e. The van der Waals surface area contributed by atoms with Gasteiger partial charge in [0.2, 0.25) is 5.91 Å². The molecule has 0 aromatic rings. The Morgan fingerprint density at radius 1 is 1.43 bits per heavy atom. The van der Waals surface area contributed by atoms with Crippen LogP contribution in [0.1, 0.15) is 13.8 Å². The molecule has 0 aliphatic carbocycles. The highest BCUT2D eigenvalue weighted by atomic mass is 19.4. The Bertz CT molecular complexity index is 254. The van der Waals surface area contributed by atoms with Gasteiger partial charge in [-0.05, 0) is 5.92 Å². The molecule has 2 unspecified atom stereocenters. The Hall–Kier alpha value is -1.25. The highest BCUT2D eigenvalue weighted by molar-refractivity contribution is 5.79.